The van der Waals surface area contributed by atoms with Gasteiger partial charge in [0.1, 0.15) is 0 Å². The van der Waals surface area contributed by atoms with Crippen LogP contribution in [0.5, 0.6) is 0 Å². The van der Waals surface area contributed by atoms with Crippen LogP contribution in [-0.2, 0) is 4.79 Å². The quantitative estimate of drug-likeness (QED) is 0.640. The summed E-state index contributed by atoms with van der Waals surface area (Å²) in [4.78, 5) is 13.8. The van der Waals surface area contributed by atoms with Gasteiger partial charge in [-0.05, 0) is 31.6 Å². The maximum Gasteiger partial charge on any atom is 0.222 e. The van der Waals surface area contributed by atoms with Crippen LogP contribution in [0.25, 0.3) is 0 Å². The molecule has 0 bridgehead atoms. The summed E-state index contributed by atoms with van der Waals surface area (Å²) in [6.45, 7) is 3.33. The van der Waals surface area contributed by atoms with Crippen LogP contribution in [0.15, 0.2) is 0 Å². The van der Waals surface area contributed by atoms with Crippen molar-refractivity contribution in [2.75, 3.05) is 6.54 Å². The maximum atomic E-state index is 11.7. The van der Waals surface area contributed by atoms with Gasteiger partial charge in [-0.15, -0.1) is 0 Å². The molecule has 0 aromatic heterocycles. The molecule has 1 saturated carbocycles. The summed E-state index contributed by atoms with van der Waals surface area (Å²) >= 11 is 0. The van der Waals surface area contributed by atoms with Crippen LogP contribution in [0.4, 0.5) is 0 Å². The van der Waals surface area contributed by atoms with Crippen molar-refractivity contribution in [3.8, 4) is 0 Å². The standard InChI is InChI=1S/C13H23NO/c1-2-11-5-3-6-12(9-8-11)14-10-4-7-13(14)15/h11-12H,2-10H2,1H3. The minimum atomic E-state index is 0.412. The molecule has 0 aromatic carbocycles. The summed E-state index contributed by atoms with van der Waals surface area (Å²) in [6.07, 6.45) is 9.76. The van der Waals surface area contributed by atoms with Crippen molar-refractivity contribution in [3.63, 3.8) is 0 Å². The van der Waals surface area contributed by atoms with Gasteiger partial charge in [0.05, 0.1) is 0 Å². The molecule has 1 amide bonds. The second kappa shape index (κ2) is 5.00. The predicted octanol–water partition coefficient (Wildman–Crippen LogP) is 2.97. The fourth-order valence-corrected chi connectivity index (χ4v) is 3.13. The van der Waals surface area contributed by atoms with Crippen LogP contribution in [-0.4, -0.2) is 23.4 Å². The normalized spacial score (nSPS) is 33.1. The Morgan fingerprint density at radius 2 is 2.07 bits per heavy atom. The van der Waals surface area contributed by atoms with Gasteiger partial charge in [-0.2, -0.15) is 0 Å². The zero-order chi connectivity index (χ0) is 10.7. The lowest BCUT2D eigenvalue weighted by molar-refractivity contribution is -0.129. The van der Waals surface area contributed by atoms with E-state index in [1.165, 1.54) is 38.5 Å². The molecule has 1 aliphatic heterocycles. The summed E-state index contributed by atoms with van der Waals surface area (Å²) in [5.74, 6) is 1.34. The van der Waals surface area contributed by atoms with Crippen LogP contribution < -0.4 is 0 Å². The van der Waals surface area contributed by atoms with Crippen molar-refractivity contribution in [2.24, 2.45) is 5.92 Å². The Labute approximate surface area is 93.0 Å². The van der Waals surface area contributed by atoms with Crippen LogP contribution in [0.1, 0.15) is 58.3 Å². The third-order valence-corrected chi connectivity index (χ3v) is 4.19. The molecule has 1 aliphatic carbocycles. The Balaban J connectivity index is 1.90. The Morgan fingerprint density at radius 1 is 1.20 bits per heavy atom. The Bertz CT molecular complexity index is 227. The lowest BCUT2D eigenvalue weighted by Gasteiger charge is -2.26. The monoisotopic (exact) mass is 209 g/mol. The largest absolute Gasteiger partial charge is 0.340 e. The molecule has 2 heteroatoms. The van der Waals surface area contributed by atoms with Crippen LogP contribution in [0.3, 0.4) is 0 Å². The minimum absolute atomic E-state index is 0.412. The SMILES string of the molecule is CCC1CCCC(N2CCCC2=O)CC1. The van der Waals surface area contributed by atoms with Gasteiger partial charge in [0.15, 0.2) is 0 Å². The van der Waals surface area contributed by atoms with E-state index in [4.69, 9.17) is 0 Å². The van der Waals surface area contributed by atoms with Gasteiger partial charge in [0.25, 0.3) is 0 Å². The highest BCUT2D eigenvalue weighted by atomic mass is 16.2. The number of carbonyl (C=O) groups is 1. The molecule has 2 rings (SSSR count). The molecule has 2 atom stereocenters. The van der Waals surface area contributed by atoms with Gasteiger partial charge in [-0.1, -0.05) is 26.2 Å². The first-order chi connectivity index (χ1) is 7.31. The molecule has 2 fully saturated rings. The molecule has 2 unspecified atom stereocenters. The molecule has 2 aliphatic rings. The molecule has 1 saturated heterocycles. The predicted molar refractivity (Wildman–Crippen MR) is 61.6 cm³/mol. The molecule has 0 N–H and O–H groups in total. The van der Waals surface area contributed by atoms with Crippen molar-refractivity contribution in [2.45, 2.75) is 64.3 Å². The summed E-state index contributed by atoms with van der Waals surface area (Å²) in [7, 11) is 0. The van der Waals surface area contributed by atoms with Crippen molar-refractivity contribution >= 4 is 5.91 Å². The smallest absolute Gasteiger partial charge is 0.222 e. The lowest BCUT2D eigenvalue weighted by atomic mass is 9.97. The van der Waals surface area contributed by atoms with E-state index < -0.39 is 0 Å². The lowest BCUT2D eigenvalue weighted by Crippen LogP contribution is -2.35. The third kappa shape index (κ3) is 2.53. The maximum absolute atomic E-state index is 11.7. The van der Waals surface area contributed by atoms with E-state index in [2.05, 4.69) is 11.8 Å². The zero-order valence-corrected chi connectivity index (χ0v) is 9.87. The molecular formula is C13H23NO. The molecule has 0 spiro atoms. The fraction of sp³-hybridized carbons (Fsp3) is 0.923. The van der Waals surface area contributed by atoms with E-state index in [9.17, 15) is 4.79 Å². The average Bonchev–Trinajstić information content (AvgIpc) is 2.54. The number of amides is 1. The number of nitrogens with zero attached hydrogens (tertiary/aromatic N) is 1. The number of hydrogen-bond donors (Lipinski definition) is 0. The molecular weight excluding hydrogens is 186 g/mol. The second-order valence-electron chi connectivity index (χ2n) is 5.13. The number of carbonyl (C=O) groups excluding carboxylic acids is 1. The summed E-state index contributed by atoms with van der Waals surface area (Å²) in [5, 5.41) is 0. The van der Waals surface area contributed by atoms with Crippen LogP contribution >= 0.6 is 0 Å². The van der Waals surface area contributed by atoms with Gasteiger partial charge in [-0.25, -0.2) is 0 Å². The fourth-order valence-electron chi connectivity index (χ4n) is 3.13. The number of hydrogen-bond acceptors (Lipinski definition) is 1. The van der Waals surface area contributed by atoms with Crippen molar-refractivity contribution in [1.82, 2.24) is 4.90 Å². The van der Waals surface area contributed by atoms with E-state index in [0.29, 0.717) is 11.9 Å². The van der Waals surface area contributed by atoms with Crippen LogP contribution in [0, 0.1) is 5.92 Å². The van der Waals surface area contributed by atoms with Crippen molar-refractivity contribution in [3.05, 3.63) is 0 Å². The van der Waals surface area contributed by atoms with Gasteiger partial charge in [-0.3, -0.25) is 4.79 Å². The summed E-state index contributed by atoms with van der Waals surface area (Å²) < 4.78 is 0. The molecule has 1 heterocycles. The highest BCUT2D eigenvalue weighted by Crippen LogP contribution is 2.29. The molecule has 2 nitrogen and oxygen atoms in total. The number of rotatable bonds is 2. The first kappa shape index (κ1) is 11.0. The Hall–Kier alpha value is -0.530. The minimum Gasteiger partial charge on any atom is -0.340 e. The summed E-state index contributed by atoms with van der Waals surface area (Å²) in [5.41, 5.74) is 0. The topological polar surface area (TPSA) is 20.3 Å². The van der Waals surface area contributed by atoms with Gasteiger partial charge in [0, 0.05) is 19.0 Å². The van der Waals surface area contributed by atoms with E-state index in [-0.39, 0.29) is 0 Å². The Kier molecular flexibility index (Phi) is 3.66. The molecule has 15 heavy (non-hydrogen) atoms. The summed E-state index contributed by atoms with van der Waals surface area (Å²) in [6, 6.07) is 0.580. The zero-order valence-electron chi connectivity index (χ0n) is 9.87. The van der Waals surface area contributed by atoms with E-state index >= 15 is 0 Å². The highest BCUT2D eigenvalue weighted by Gasteiger charge is 2.29. The van der Waals surface area contributed by atoms with Crippen molar-refractivity contribution in [1.29, 1.82) is 0 Å². The first-order valence-electron chi connectivity index (χ1n) is 6.60. The van der Waals surface area contributed by atoms with E-state index in [1.54, 1.807) is 0 Å². The number of likely N-dealkylation sites (tertiary alicyclic amines) is 1. The van der Waals surface area contributed by atoms with Gasteiger partial charge < -0.3 is 4.90 Å². The second-order valence-corrected chi connectivity index (χ2v) is 5.13. The van der Waals surface area contributed by atoms with Gasteiger partial charge >= 0.3 is 0 Å². The molecule has 0 radical (unpaired) electrons. The first-order valence-corrected chi connectivity index (χ1v) is 6.60. The highest BCUT2D eigenvalue weighted by molar-refractivity contribution is 5.78. The van der Waals surface area contributed by atoms with E-state index in [1.807, 2.05) is 0 Å². The van der Waals surface area contributed by atoms with Crippen molar-refractivity contribution < 1.29 is 4.79 Å². The third-order valence-electron chi connectivity index (χ3n) is 4.19. The molecule has 0 aromatic rings. The van der Waals surface area contributed by atoms with E-state index in [0.717, 1.165) is 25.3 Å². The average molecular weight is 209 g/mol. The molecule has 86 valence electrons. The van der Waals surface area contributed by atoms with Crippen LogP contribution in [0.2, 0.25) is 0 Å². The Morgan fingerprint density at radius 3 is 2.73 bits per heavy atom. The van der Waals surface area contributed by atoms with Gasteiger partial charge in [0.2, 0.25) is 5.91 Å².